The van der Waals surface area contributed by atoms with Crippen molar-refractivity contribution in [3.05, 3.63) is 64.1 Å². The summed E-state index contributed by atoms with van der Waals surface area (Å²) in [5, 5.41) is 0. The number of aryl methyl sites for hydroxylation is 1. The van der Waals surface area contributed by atoms with Gasteiger partial charge in [0.2, 0.25) is 0 Å². The van der Waals surface area contributed by atoms with E-state index in [1.165, 1.54) is 5.56 Å². The molecular weight excluding hydrogens is 320 g/mol. The number of ketones is 1. The van der Waals surface area contributed by atoms with Crippen LogP contribution >= 0.6 is 27.7 Å². The first-order chi connectivity index (χ1) is 9.15. The first-order valence-electron chi connectivity index (χ1n) is 6.10. The van der Waals surface area contributed by atoms with E-state index < -0.39 is 0 Å². The fourth-order valence-electron chi connectivity index (χ4n) is 1.82. The Kier molecular flexibility index (Phi) is 5.23. The van der Waals surface area contributed by atoms with Gasteiger partial charge < -0.3 is 0 Å². The molecule has 0 aliphatic rings. The van der Waals surface area contributed by atoms with E-state index in [9.17, 15) is 4.79 Å². The first kappa shape index (κ1) is 14.4. The van der Waals surface area contributed by atoms with Crippen LogP contribution in [0.5, 0.6) is 0 Å². The Hall–Kier alpha value is -1.06. The molecule has 0 fully saturated rings. The summed E-state index contributed by atoms with van der Waals surface area (Å²) in [5.41, 5.74) is 2.29. The number of carbonyl (C=O) groups is 1. The van der Waals surface area contributed by atoms with Gasteiger partial charge >= 0.3 is 0 Å². The topological polar surface area (TPSA) is 17.1 Å². The molecule has 19 heavy (non-hydrogen) atoms. The largest absolute Gasteiger partial charge is 0.298 e. The summed E-state index contributed by atoms with van der Waals surface area (Å²) < 4.78 is 1.04. The second kappa shape index (κ2) is 6.92. The molecule has 0 N–H and O–H groups in total. The highest BCUT2D eigenvalue weighted by atomic mass is 79.9. The monoisotopic (exact) mass is 334 g/mol. The van der Waals surface area contributed by atoms with Crippen molar-refractivity contribution in [3.63, 3.8) is 0 Å². The molecule has 0 heterocycles. The SMILES string of the molecule is Cc1cccc(CC(=O)CSc2ccccc2Br)c1. The molecule has 0 aromatic heterocycles. The van der Waals surface area contributed by atoms with Gasteiger partial charge in [-0.1, -0.05) is 42.0 Å². The average molecular weight is 335 g/mol. The van der Waals surface area contributed by atoms with E-state index in [0.29, 0.717) is 12.2 Å². The average Bonchev–Trinajstić information content (AvgIpc) is 2.38. The minimum Gasteiger partial charge on any atom is -0.298 e. The summed E-state index contributed by atoms with van der Waals surface area (Å²) in [6.45, 7) is 2.05. The van der Waals surface area contributed by atoms with Gasteiger partial charge in [-0.15, -0.1) is 11.8 Å². The molecule has 98 valence electrons. The number of Topliss-reactive ketones (excluding diaryl/α,β-unsaturated/α-hetero) is 1. The Morgan fingerprint density at radius 2 is 1.95 bits per heavy atom. The highest BCUT2D eigenvalue weighted by molar-refractivity contribution is 9.10. The molecule has 0 radical (unpaired) electrons. The summed E-state index contributed by atoms with van der Waals surface area (Å²) in [5.74, 6) is 0.766. The molecule has 1 nitrogen and oxygen atoms in total. The van der Waals surface area contributed by atoms with Crippen molar-refractivity contribution in [2.75, 3.05) is 5.75 Å². The van der Waals surface area contributed by atoms with Gasteiger partial charge in [-0.3, -0.25) is 4.79 Å². The maximum absolute atomic E-state index is 12.0. The van der Waals surface area contributed by atoms with Gasteiger partial charge in [0.05, 0.1) is 5.75 Å². The standard InChI is InChI=1S/C16H15BrOS/c1-12-5-4-6-13(9-12)10-14(18)11-19-16-8-3-2-7-15(16)17/h2-9H,10-11H2,1H3. The molecule has 0 saturated carbocycles. The van der Waals surface area contributed by atoms with Crippen LogP contribution in [0.2, 0.25) is 0 Å². The Morgan fingerprint density at radius 1 is 1.16 bits per heavy atom. The van der Waals surface area contributed by atoms with Crippen LogP contribution < -0.4 is 0 Å². The van der Waals surface area contributed by atoms with Crippen LogP contribution in [-0.2, 0) is 11.2 Å². The number of hydrogen-bond donors (Lipinski definition) is 0. The zero-order chi connectivity index (χ0) is 13.7. The quantitative estimate of drug-likeness (QED) is 0.739. The minimum absolute atomic E-state index is 0.256. The van der Waals surface area contributed by atoms with Crippen molar-refractivity contribution in [1.82, 2.24) is 0 Å². The Morgan fingerprint density at radius 3 is 2.68 bits per heavy atom. The Bertz CT molecular complexity index is 580. The maximum atomic E-state index is 12.0. The molecule has 2 aromatic carbocycles. The van der Waals surface area contributed by atoms with E-state index in [4.69, 9.17) is 0 Å². The van der Waals surface area contributed by atoms with Gasteiger partial charge in [-0.2, -0.15) is 0 Å². The van der Waals surface area contributed by atoms with Gasteiger partial charge in [0.1, 0.15) is 5.78 Å². The Labute approximate surface area is 126 Å². The highest BCUT2D eigenvalue weighted by Gasteiger charge is 2.06. The third-order valence-electron chi connectivity index (χ3n) is 2.71. The van der Waals surface area contributed by atoms with Crippen molar-refractivity contribution in [2.45, 2.75) is 18.2 Å². The predicted octanol–water partition coefficient (Wildman–Crippen LogP) is 4.66. The smallest absolute Gasteiger partial charge is 0.147 e. The lowest BCUT2D eigenvalue weighted by molar-refractivity contribution is -0.116. The highest BCUT2D eigenvalue weighted by Crippen LogP contribution is 2.27. The van der Waals surface area contributed by atoms with Gasteiger partial charge in [0.15, 0.2) is 0 Å². The maximum Gasteiger partial charge on any atom is 0.147 e. The number of rotatable bonds is 5. The van der Waals surface area contributed by atoms with E-state index in [1.54, 1.807) is 11.8 Å². The second-order valence-corrected chi connectivity index (χ2v) is 6.30. The molecule has 2 aromatic rings. The lowest BCUT2D eigenvalue weighted by atomic mass is 10.1. The normalized spacial score (nSPS) is 10.4. The summed E-state index contributed by atoms with van der Waals surface area (Å²) >= 11 is 5.07. The van der Waals surface area contributed by atoms with Gasteiger partial charge in [0.25, 0.3) is 0 Å². The van der Waals surface area contributed by atoms with Crippen LogP contribution in [-0.4, -0.2) is 11.5 Å². The van der Waals surface area contributed by atoms with Crippen LogP contribution in [0.1, 0.15) is 11.1 Å². The van der Waals surface area contributed by atoms with Crippen molar-refractivity contribution >= 4 is 33.5 Å². The van der Waals surface area contributed by atoms with Crippen LogP contribution in [0.3, 0.4) is 0 Å². The van der Waals surface area contributed by atoms with Crippen LogP contribution in [0, 0.1) is 6.92 Å². The van der Waals surface area contributed by atoms with E-state index in [1.807, 2.05) is 49.4 Å². The minimum atomic E-state index is 0.256. The second-order valence-electron chi connectivity index (χ2n) is 4.42. The van der Waals surface area contributed by atoms with E-state index in [2.05, 4.69) is 22.0 Å². The third kappa shape index (κ3) is 4.51. The Balaban J connectivity index is 1.90. The molecule has 0 amide bonds. The van der Waals surface area contributed by atoms with Gasteiger partial charge in [-0.05, 0) is 40.5 Å². The van der Waals surface area contributed by atoms with Crippen LogP contribution in [0.25, 0.3) is 0 Å². The molecule has 2 rings (SSSR count). The molecule has 3 heteroatoms. The van der Waals surface area contributed by atoms with E-state index in [0.717, 1.165) is 14.9 Å². The molecular formula is C16H15BrOS. The molecule has 0 spiro atoms. The van der Waals surface area contributed by atoms with Crippen LogP contribution in [0.4, 0.5) is 0 Å². The molecule has 0 atom stereocenters. The zero-order valence-corrected chi connectivity index (χ0v) is 13.1. The van der Waals surface area contributed by atoms with Gasteiger partial charge in [0, 0.05) is 15.8 Å². The predicted molar refractivity (Wildman–Crippen MR) is 84.8 cm³/mol. The number of carbonyl (C=O) groups excluding carboxylic acids is 1. The van der Waals surface area contributed by atoms with Crippen molar-refractivity contribution in [2.24, 2.45) is 0 Å². The molecule has 0 unspecified atom stereocenters. The summed E-state index contributed by atoms with van der Waals surface area (Å²) in [6.07, 6.45) is 0.513. The fourth-order valence-corrected chi connectivity index (χ4v) is 3.25. The molecule has 0 bridgehead atoms. The number of benzene rings is 2. The molecule has 0 aliphatic carbocycles. The van der Waals surface area contributed by atoms with Crippen LogP contribution in [0.15, 0.2) is 57.9 Å². The number of thioether (sulfide) groups is 1. The first-order valence-corrected chi connectivity index (χ1v) is 7.87. The summed E-state index contributed by atoms with van der Waals surface area (Å²) in [6, 6.07) is 16.1. The summed E-state index contributed by atoms with van der Waals surface area (Å²) in [7, 11) is 0. The molecule has 0 saturated heterocycles. The van der Waals surface area contributed by atoms with Crippen molar-refractivity contribution < 1.29 is 4.79 Å². The van der Waals surface area contributed by atoms with Crippen molar-refractivity contribution in [1.29, 1.82) is 0 Å². The lowest BCUT2D eigenvalue weighted by Crippen LogP contribution is -2.05. The third-order valence-corrected chi connectivity index (χ3v) is 4.80. The lowest BCUT2D eigenvalue weighted by Gasteiger charge is -2.04. The fraction of sp³-hybridized carbons (Fsp3) is 0.188. The number of halogens is 1. The number of hydrogen-bond acceptors (Lipinski definition) is 2. The van der Waals surface area contributed by atoms with E-state index >= 15 is 0 Å². The van der Waals surface area contributed by atoms with E-state index in [-0.39, 0.29) is 5.78 Å². The van der Waals surface area contributed by atoms with Gasteiger partial charge in [-0.25, -0.2) is 0 Å². The summed E-state index contributed by atoms with van der Waals surface area (Å²) in [4.78, 5) is 13.1. The van der Waals surface area contributed by atoms with Crippen molar-refractivity contribution in [3.8, 4) is 0 Å². The molecule has 0 aliphatic heterocycles. The zero-order valence-electron chi connectivity index (χ0n) is 10.7.